The van der Waals surface area contributed by atoms with Gasteiger partial charge >= 0.3 is 0 Å². The van der Waals surface area contributed by atoms with Gasteiger partial charge in [0.15, 0.2) is 0 Å². The highest BCUT2D eigenvalue weighted by Crippen LogP contribution is 1.98. The third kappa shape index (κ3) is 4.59. The van der Waals surface area contributed by atoms with Crippen molar-refractivity contribution in [3.8, 4) is 0 Å². The molecule has 0 spiro atoms. The molecule has 1 aromatic rings. The van der Waals surface area contributed by atoms with Crippen molar-refractivity contribution in [1.82, 2.24) is 11.5 Å². The number of benzene rings is 1. The maximum atomic E-state index is 11.2. The monoisotopic (exact) mass is 195 g/mol. The highest BCUT2D eigenvalue weighted by atomic mass is 16.1. The summed E-state index contributed by atoms with van der Waals surface area (Å²) >= 11 is 0. The zero-order valence-corrected chi connectivity index (χ0v) is 8.20. The molecule has 1 amide bonds. The lowest BCUT2D eigenvalue weighted by atomic mass is 10.1. The average molecular weight is 195 g/mol. The second-order valence-electron chi connectivity index (χ2n) is 2.80. The molecule has 0 fully saturated rings. The highest BCUT2D eigenvalue weighted by Gasteiger charge is 2.00. The second kappa shape index (κ2) is 7.06. The molecule has 0 bridgehead atoms. The zero-order valence-electron chi connectivity index (χ0n) is 8.20. The van der Waals surface area contributed by atoms with Gasteiger partial charge in [-0.3, -0.25) is 4.79 Å². The van der Waals surface area contributed by atoms with Crippen LogP contribution in [-0.4, -0.2) is 19.0 Å². The Bertz CT molecular complexity index is 261. The molecule has 0 heterocycles. The molecule has 1 aromatic carbocycles. The summed E-state index contributed by atoms with van der Waals surface area (Å²) in [4.78, 5) is 11.2. The van der Waals surface area contributed by atoms with Gasteiger partial charge in [0.25, 0.3) is 0 Å². The van der Waals surface area contributed by atoms with Crippen molar-refractivity contribution in [3.05, 3.63) is 35.9 Å². The van der Waals surface area contributed by atoms with Crippen LogP contribution in [0.15, 0.2) is 30.3 Å². The fraction of sp³-hybridized carbons (Fsp3) is 0.300. The molecule has 4 nitrogen and oxygen atoms in total. The van der Waals surface area contributed by atoms with Gasteiger partial charge in [-0.25, -0.2) is 0 Å². The van der Waals surface area contributed by atoms with Crippen LogP contribution in [0, 0.1) is 0 Å². The number of hydrogen-bond donors (Lipinski definition) is 3. The molecule has 6 N–H and O–H groups in total. The fourth-order valence-electron chi connectivity index (χ4n) is 1.06. The van der Waals surface area contributed by atoms with Crippen LogP contribution in [0.3, 0.4) is 0 Å². The third-order valence-electron chi connectivity index (χ3n) is 1.67. The molecule has 0 atom stereocenters. The smallest absolute Gasteiger partial charge is 0.224 e. The Morgan fingerprint density at radius 1 is 1.29 bits per heavy atom. The van der Waals surface area contributed by atoms with Gasteiger partial charge in [-0.2, -0.15) is 0 Å². The van der Waals surface area contributed by atoms with E-state index in [0.29, 0.717) is 19.5 Å². The van der Waals surface area contributed by atoms with Crippen LogP contribution in [0.1, 0.15) is 5.56 Å². The number of rotatable bonds is 4. The summed E-state index contributed by atoms with van der Waals surface area (Å²) < 4.78 is 0. The van der Waals surface area contributed by atoms with E-state index in [1.807, 2.05) is 30.3 Å². The Kier molecular flexibility index (Phi) is 6.36. The van der Waals surface area contributed by atoms with Crippen LogP contribution in [0.4, 0.5) is 0 Å². The predicted octanol–water partition coefficient (Wildman–Crippen LogP) is 0.466. The van der Waals surface area contributed by atoms with E-state index in [2.05, 4.69) is 5.32 Å². The maximum absolute atomic E-state index is 11.2. The molecule has 78 valence electrons. The number of carbonyl (C=O) groups excluding carboxylic acids is 1. The van der Waals surface area contributed by atoms with Gasteiger partial charge < -0.3 is 17.2 Å². The molecule has 0 aliphatic rings. The first kappa shape index (κ1) is 12.6. The minimum atomic E-state index is 0. The molecular weight excluding hydrogens is 178 g/mol. The molecule has 0 unspecified atom stereocenters. The van der Waals surface area contributed by atoms with Gasteiger partial charge in [0.2, 0.25) is 5.91 Å². The Morgan fingerprint density at radius 3 is 2.50 bits per heavy atom. The molecule has 0 saturated carbocycles. The molecule has 0 saturated heterocycles. The standard InChI is InChI=1S/C10H14N2O.H3N/c11-6-7-12-10(13)8-9-4-2-1-3-5-9;/h1-5H,6-8,11H2,(H,12,13);1H3. The van der Waals surface area contributed by atoms with Crippen molar-refractivity contribution in [2.45, 2.75) is 6.42 Å². The highest BCUT2D eigenvalue weighted by molar-refractivity contribution is 5.78. The van der Waals surface area contributed by atoms with Gasteiger partial charge in [0.1, 0.15) is 0 Å². The van der Waals surface area contributed by atoms with Gasteiger partial charge in [-0.1, -0.05) is 30.3 Å². The number of nitrogens with two attached hydrogens (primary N) is 1. The van der Waals surface area contributed by atoms with Crippen LogP contribution < -0.4 is 17.2 Å². The summed E-state index contributed by atoms with van der Waals surface area (Å²) in [7, 11) is 0. The Morgan fingerprint density at radius 2 is 1.93 bits per heavy atom. The Hall–Kier alpha value is -1.39. The van der Waals surface area contributed by atoms with E-state index in [1.165, 1.54) is 0 Å². The van der Waals surface area contributed by atoms with E-state index in [0.717, 1.165) is 5.56 Å². The van der Waals surface area contributed by atoms with Gasteiger partial charge in [-0.05, 0) is 5.56 Å². The normalized spacial score (nSPS) is 8.93. The summed E-state index contributed by atoms with van der Waals surface area (Å²) in [5, 5.41) is 2.72. The van der Waals surface area contributed by atoms with E-state index in [4.69, 9.17) is 5.73 Å². The van der Waals surface area contributed by atoms with Crippen molar-refractivity contribution >= 4 is 5.91 Å². The van der Waals surface area contributed by atoms with Crippen LogP contribution in [-0.2, 0) is 11.2 Å². The lowest BCUT2D eigenvalue weighted by molar-refractivity contribution is -0.120. The summed E-state index contributed by atoms with van der Waals surface area (Å²) in [6.07, 6.45) is 0.431. The molecule has 0 aliphatic carbocycles. The summed E-state index contributed by atoms with van der Waals surface area (Å²) in [6, 6.07) is 9.64. The first-order valence-corrected chi connectivity index (χ1v) is 4.33. The zero-order chi connectivity index (χ0) is 9.52. The molecular formula is C10H17N3O. The van der Waals surface area contributed by atoms with Gasteiger partial charge in [0.05, 0.1) is 6.42 Å². The maximum Gasteiger partial charge on any atom is 0.224 e. The number of amides is 1. The minimum Gasteiger partial charge on any atom is -0.355 e. The molecule has 4 heteroatoms. The van der Waals surface area contributed by atoms with Crippen LogP contribution >= 0.6 is 0 Å². The Labute approximate surface area is 84.1 Å². The first-order chi connectivity index (χ1) is 6.33. The number of nitrogens with one attached hydrogen (secondary N) is 1. The second-order valence-corrected chi connectivity index (χ2v) is 2.80. The van der Waals surface area contributed by atoms with Crippen molar-refractivity contribution in [3.63, 3.8) is 0 Å². The van der Waals surface area contributed by atoms with E-state index in [9.17, 15) is 4.79 Å². The molecule has 14 heavy (non-hydrogen) atoms. The van der Waals surface area contributed by atoms with E-state index in [-0.39, 0.29) is 12.1 Å². The lowest BCUT2D eigenvalue weighted by Crippen LogP contribution is -2.30. The minimum absolute atomic E-state index is 0. The fourth-order valence-corrected chi connectivity index (χ4v) is 1.06. The van der Waals surface area contributed by atoms with E-state index < -0.39 is 0 Å². The van der Waals surface area contributed by atoms with Gasteiger partial charge in [0, 0.05) is 13.1 Å². The van der Waals surface area contributed by atoms with Crippen molar-refractivity contribution in [2.75, 3.05) is 13.1 Å². The third-order valence-corrected chi connectivity index (χ3v) is 1.67. The Balaban J connectivity index is 0.00000169. The van der Waals surface area contributed by atoms with Crippen molar-refractivity contribution in [1.29, 1.82) is 0 Å². The van der Waals surface area contributed by atoms with Crippen LogP contribution in [0.25, 0.3) is 0 Å². The SMILES string of the molecule is N.NCCNC(=O)Cc1ccccc1. The molecule has 0 radical (unpaired) electrons. The topological polar surface area (TPSA) is 90.1 Å². The number of hydrogen-bond acceptors (Lipinski definition) is 3. The van der Waals surface area contributed by atoms with E-state index in [1.54, 1.807) is 0 Å². The van der Waals surface area contributed by atoms with Crippen molar-refractivity contribution in [2.24, 2.45) is 5.73 Å². The van der Waals surface area contributed by atoms with Crippen molar-refractivity contribution < 1.29 is 4.79 Å². The van der Waals surface area contributed by atoms with Crippen LogP contribution in [0.5, 0.6) is 0 Å². The average Bonchev–Trinajstić information content (AvgIpc) is 2.16. The molecule has 0 aliphatic heterocycles. The largest absolute Gasteiger partial charge is 0.355 e. The van der Waals surface area contributed by atoms with E-state index >= 15 is 0 Å². The summed E-state index contributed by atoms with van der Waals surface area (Å²) in [5.41, 5.74) is 6.28. The first-order valence-electron chi connectivity index (χ1n) is 4.33. The summed E-state index contributed by atoms with van der Waals surface area (Å²) in [6.45, 7) is 1.03. The lowest BCUT2D eigenvalue weighted by Gasteiger charge is -2.02. The quantitative estimate of drug-likeness (QED) is 0.652. The molecule has 0 aromatic heterocycles. The predicted molar refractivity (Wildman–Crippen MR) is 57.2 cm³/mol. The van der Waals surface area contributed by atoms with Crippen LogP contribution in [0.2, 0.25) is 0 Å². The van der Waals surface area contributed by atoms with Gasteiger partial charge in [-0.15, -0.1) is 0 Å². The molecule has 1 rings (SSSR count). The number of carbonyl (C=O) groups is 1. The summed E-state index contributed by atoms with van der Waals surface area (Å²) in [5.74, 6) is 0.0247.